The van der Waals surface area contributed by atoms with Gasteiger partial charge in [-0.05, 0) is 39.7 Å². The summed E-state index contributed by atoms with van der Waals surface area (Å²) in [7, 11) is 0. The van der Waals surface area contributed by atoms with Crippen LogP contribution in [0.15, 0.2) is 6.20 Å². The number of carbonyl (C=O) groups is 1. The molecular weight excluding hydrogens is 222 g/mol. The summed E-state index contributed by atoms with van der Waals surface area (Å²) >= 11 is 1.51. The Bertz CT molecular complexity index is 382. The van der Waals surface area contributed by atoms with Crippen molar-refractivity contribution in [3.05, 3.63) is 11.1 Å². The molecule has 0 bridgehead atoms. The number of carbonyl (C=O) groups excluding carboxylic acids is 1. The Morgan fingerprint density at radius 2 is 2.44 bits per heavy atom. The smallest absolute Gasteiger partial charge is 0.246 e. The van der Waals surface area contributed by atoms with Crippen LogP contribution in [-0.2, 0) is 4.79 Å². The van der Waals surface area contributed by atoms with Crippen LogP contribution in [0.3, 0.4) is 0 Å². The minimum Gasteiger partial charge on any atom is -0.304 e. The molecule has 2 N–H and O–H groups in total. The first kappa shape index (κ1) is 11.5. The van der Waals surface area contributed by atoms with Gasteiger partial charge in [0.15, 0.2) is 5.13 Å². The Hall–Kier alpha value is -0.940. The van der Waals surface area contributed by atoms with E-state index in [0.29, 0.717) is 5.13 Å². The van der Waals surface area contributed by atoms with Gasteiger partial charge in [0.2, 0.25) is 5.91 Å². The van der Waals surface area contributed by atoms with Gasteiger partial charge in [0.05, 0.1) is 5.54 Å². The highest BCUT2D eigenvalue weighted by atomic mass is 32.1. The predicted molar refractivity (Wildman–Crippen MR) is 65.7 cm³/mol. The molecule has 1 fully saturated rings. The van der Waals surface area contributed by atoms with E-state index in [9.17, 15) is 4.79 Å². The Morgan fingerprint density at radius 3 is 3.00 bits per heavy atom. The van der Waals surface area contributed by atoms with Crippen LogP contribution in [0, 0.1) is 6.92 Å². The highest BCUT2D eigenvalue weighted by Gasteiger charge is 2.34. The molecule has 1 aliphatic heterocycles. The van der Waals surface area contributed by atoms with Crippen molar-refractivity contribution in [1.29, 1.82) is 0 Å². The van der Waals surface area contributed by atoms with Crippen molar-refractivity contribution in [2.75, 3.05) is 11.9 Å². The van der Waals surface area contributed by atoms with Crippen LogP contribution in [0.2, 0.25) is 0 Å². The first-order chi connectivity index (χ1) is 7.60. The fraction of sp³-hybridized carbons (Fsp3) is 0.636. The summed E-state index contributed by atoms with van der Waals surface area (Å²) in [6.07, 6.45) is 4.92. The highest BCUT2D eigenvalue weighted by molar-refractivity contribution is 7.15. The largest absolute Gasteiger partial charge is 0.304 e. The zero-order chi connectivity index (χ0) is 11.6. The standard InChI is InChI=1S/C11H17N3OS/c1-8-7-12-10(16-8)14-9(15)11(2)5-3-4-6-13-11/h7,13H,3-6H2,1-2H3,(H,12,14,15). The van der Waals surface area contributed by atoms with Gasteiger partial charge in [-0.2, -0.15) is 0 Å². The first-order valence-corrected chi connectivity index (χ1v) is 6.41. The summed E-state index contributed by atoms with van der Waals surface area (Å²) in [6.45, 7) is 4.86. The van der Waals surface area contributed by atoms with Gasteiger partial charge in [0, 0.05) is 11.1 Å². The number of anilines is 1. The molecular formula is C11H17N3OS. The predicted octanol–water partition coefficient (Wildman–Crippen LogP) is 1.92. The van der Waals surface area contributed by atoms with Gasteiger partial charge in [-0.25, -0.2) is 4.98 Å². The van der Waals surface area contributed by atoms with Crippen molar-refractivity contribution < 1.29 is 4.79 Å². The van der Waals surface area contributed by atoms with E-state index in [1.165, 1.54) is 11.3 Å². The van der Waals surface area contributed by atoms with Crippen molar-refractivity contribution in [3.63, 3.8) is 0 Å². The Balaban J connectivity index is 2.01. The van der Waals surface area contributed by atoms with Gasteiger partial charge in [-0.1, -0.05) is 0 Å². The monoisotopic (exact) mass is 239 g/mol. The van der Waals surface area contributed by atoms with Crippen LogP contribution in [0.25, 0.3) is 0 Å². The zero-order valence-corrected chi connectivity index (χ0v) is 10.5. The van der Waals surface area contributed by atoms with E-state index in [2.05, 4.69) is 15.6 Å². The topological polar surface area (TPSA) is 54.0 Å². The SMILES string of the molecule is Cc1cnc(NC(=O)C2(C)CCCCN2)s1. The second-order valence-electron chi connectivity index (χ2n) is 4.45. The van der Waals surface area contributed by atoms with Crippen LogP contribution in [0.5, 0.6) is 0 Å². The number of aryl methyl sites for hydroxylation is 1. The minimum atomic E-state index is -0.433. The molecule has 1 saturated heterocycles. The van der Waals surface area contributed by atoms with E-state index < -0.39 is 5.54 Å². The highest BCUT2D eigenvalue weighted by Crippen LogP contribution is 2.22. The molecule has 1 aromatic heterocycles. The number of hydrogen-bond acceptors (Lipinski definition) is 4. The Labute approximate surface area is 99.5 Å². The van der Waals surface area contributed by atoms with E-state index in [-0.39, 0.29) is 5.91 Å². The molecule has 5 heteroatoms. The lowest BCUT2D eigenvalue weighted by molar-refractivity contribution is -0.122. The Morgan fingerprint density at radius 1 is 1.62 bits per heavy atom. The van der Waals surface area contributed by atoms with Crippen molar-refractivity contribution in [3.8, 4) is 0 Å². The van der Waals surface area contributed by atoms with Gasteiger partial charge in [-0.15, -0.1) is 11.3 Å². The number of hydrogen-bond donors (Lipinski definition) is 2. The zero-order valence-electron chi connectivity index (χ0n) is 9.67. The van der Waals surface area contributed by atoms with Gasteiger partial charge in [-0.3, -0.25) is 4.79 Å². The number of piperidine rings is 1. The molecule has 1 aliphatic rings. The van der Waals surface area contributed by atoms with Crippen LogP contribution in [0.4, 0.5) is 5.13 Å². The second kappa shape index (κ2) is 4.51. The van der Waals surface area contributed by atoms with Gasteiger partial charge >= 0.3 is 0 Å². The van der Waals surface area contributed by atoms with Gasteiger partial charge < -0.3 is 10.6 Å². The molecule has 88 valence electrons. The number of rotatable bonds is 2. The van der Waals surface area contributed by atoms with Crippen molar-refractivity contribution in [1.82, 2.24) is 10.3 Å². The summed E-state index contributed by atoms with van der Waals surface area (Å²) in [5, 5.41) is 6.86. The Kier molecular flexibility index (Phi) is 3.25. The molecule has 1 aromatic rings. The average molecular weight is 239 g/mol. The lowest BCUT2D eigenvalue weighted by Gasteiger charge is -2.33. The van der Waals surface area contributed by atoms with E-state index in [0.717, 1.165) is 30.7 Å². The molecule has 0 spiro atoms. The van der Waals surface area contributed by atoms with Gasteiger partial charge in [0.1, 0.15) is 0 Å². The van der Waals surface area contributed by atoms with Crippen molar-refractivity contribution in [2.45, 2.75) is 38.6 Å². The molecule has 0 radical (unpaired) electrons. The van der Waals surface area contributed by atoms with E-state index in [1.54, 1.807) is 6.20 Å². The fourth-order valence-electron chi connectivity index (χ4n) is 1.90. The van der Waals surface area contributed by atoms with Crippen molar-refractivity contribution >= 4 is 22.4 Å². The summed E-state index contributed by atoms with van der Waals surface area (Å²) < 4.78 is 0. The average Bonchev–Trinajstić information content (AvgIpc) is 2.65. The molecule has 1 amide bonds. The summed E-state index contributed by atoms with van der Waals surface area (Å²) in [5.41, 5.74) is -0.433. The molecule has 4 nitrogen and oxygen atoms in total. The van der Waals surface area contributed by atoms with Crippen LogP contribution in [-0.4, -0.2) is 23.0 Å². The number of amides is 1. The quantitative estimate of drug-likeness (QED) is 0.829. The summed E-state index contributed by atoms with van der Waals surface area (Å²) in [4.78, 5) is 17.3. The van der Waals surface area contributed by atoms with E-state index >= 15 is 0 Å². The number of aromatic nitrogens is 1. The van der Waals surface area contributed by atoms with Crippen LogP contribution >= 0.6 is 11.3 Å². The molecule has 1 atom stereocenters. The van der Waals surface area contributed by atoms with Gasteiger partial charge in [0.25, 0.3) is 0 Å². The third-order valence-electron chi connectivity index (χ3n) is 2.96. The molecule has 0 aromatic carbocycles. The van der Waals surface area contributed by atoms with Crippen LogP contribution < -0.4 is 10.6 Å². The lowest BCUT2D eigenvalue weighted by atomic mass is 9.90. The first-order valence-electron chi connectivity index (χ1n) is 5.59. The molecule has 2 heterocycles. The lowest BCUT2D eigenvalue weighted by Crippen LogP contribution is -2.54. The molecule has 16 heavy (non-hydrogen) atoms. The maximum absolute atomic E-state index is 12.1. The number of thiazole rings is 1. The third kappa shape index (κ3) is 2.41. The molecule has 1 unspecified atom stereocenters. The maximum Gasteiger partial charge on any atom is 0.246 e. The maximum atomic E-state index is 12.1. The van der Waals surface area contributed by atoms with E-state index in [1.807, 2.05) is 13.8 Å². The summed E-state index contributed by atoms with van der Waals surface area (Å²) in [6, 6.07) is 0. The third-order valence-corrected chi connectivity index (χ3v) is 3.79. The minimum absolute atomic E-state index is 0.0292. The second-order valence-corrected chi connectivity index (χ2v) is 5.68. The molecule has 2 rings (SSSR count). The van der Waals surface area contributed by atoms with Crippen molar-refractivity contribution in [2.24, 2.45) is 0 Å². The summed E-state index contributed by atoms with van der Waals surface area (Å²) in [5.74, 6) is 0.0292. The van der Waals surface area contributed by atoms with Crippen LogP contribution in [0.1, 0.15) is 31.1 Å². The number of nitrogens with one attached hydrogen (secondary N) is 2. The normalized spacial score (nSPS) is 25.4. The molecule has 0 aliphatic carbocycles. The molecule has 0 saturated carbocycles. The fourth-order valence-corrected chi connectivity index (χ4v) is 2.56. The van der Waals surface area contributed by atoms with E-state index in [4.69, 9.17) is 0 Å². The number of nitrogens with zero attached hydrogens (tertiary/aromatic N) is 1.